The van der Waals surface area contributed by atoms with E-state index in [-0.39, 0.29) is 5.78 Å². The van der Waals surface area contributed by atoms with Crippen molar-refractivity contribution in [2.24, 2.45) is 0 Å². The maximum Gasteiger partial charge on any atom is 0.174 e. The molecule has 0 saturated carbocycles. The smallest absolute Gasteiger partial charge is 0.174 e. The molecule has 1 aliphatic heterocycles. The standard InChI is InChI=1S/C13H17NO3S/c1-2-5-18-8-11(15)9-6-12-13(7-10(9)14)17-4-3-16-12/h6-7H,2-5,8,14H2,1H3. The van der Waals surface area contributed by atoms with Gasteiger partial charge in [-0.15, -0.1) is 0 Å². The molecule has 0 amide bonds. The minimum absolute atomic E-state index is 0.0444. The first kappa shape index (κ1) is 13.1. The molecule has 0 aromatic heterocycles. The number of nitrogen functional groups attached to an aromatic ring is 1. The third-order valence-corrected chi connectivity index (χ3v) is 3.76. The van der Waals surface area contributed by atoms with Crippen LogP contribution in [-0.2, 0) is 0 Å². The predicted molar refractivity (Wildman–Crippen MR) is 73.8 cm³/mol. The monoisotopic (exact) mass is 267 g/mol. The third-order valence-electron chi connectivity index (χ3n) is 2.60. The SMILES string of the molecule is CCCSCC(=O)c1cc2c(cc1N)OCCO2. The van der Waals surface area contributed by atoms with Crippen molar-refractivity contribution in [3.8, 4) is 11.5 Å². The van der Waals surface area contributed by atoms with Gasteiger partial charge in [0.25, 0.3) is 0 Å². The summed E-state index contributed by atoms with van der Waals surface area (Å²) in [6.45, 7) is 3.12. The number of Topliss-reactive ketones (excluding diaryl/α,β-unsaturated/α-hetero) is 1. The second-order valence-corrected chi connectivity index (χ2v) is 5.16. The molecular weight excluding hydrogens is 250 g/mol. The number of benzene rings is 1. The van der Waals surface area contributed by atoms with E-state index in [0.29, 0.717) is 41.7 Å². The highest BCUT2D eigenvalue weighted by molar-refractivity contribution is 7.99. The first-order chi connectivity index (χ1) is 8.72. The number of carbonyl (C=O) groups is 1. The summed E-state index contributed by atoms with van der Waals surface area (Å²) in [6, 6.07) is 3.37. The quantitative estimate of drug-likeness (QED) is 0.504. The molecule has 98 valence electrons. The molecule has 0 radical (unpaired) electrons. The van der Waals surface area contributed by atoms with Crippen LogP contribution in [0.1, 0.15) is 23.7 Å². The number of rotatable bonds is 5. The highest BCUT2D eigenvalue weighted by Gasteiger charge is 2.18. The van der Waals surface area contributed by atoms with Crippen molar-refractivity contribution >= 4 is 23.2 Å². The van der Waals surface area contributed by atoms with Crippen LogP contribution in [-0.4, -0.2) is 30.5 Å². The van der Waals surface area contributed by atoms with Gasteiger partial charge in [-0.05, 0) is 18.2 Å². The van der Waals surface area contributed by atoms with Crippen LogP contribution in [0, 0.1) is 0 Å². The molecule has 1 aromatic carbocycles. The average molecular weight is 267 g/mol. The summed E-state index contributed by atoms with van der Waals surface area (Å²) < 4.78 is 10.9. The molecule has 18 heavy (non-hydrogen) atoms. The van der Waals surface area contributed by atoms with E-state index in [1.54, 1.807) is 23.9 Å². The molecular formula is C13H17NO3S. The zero-order valence-electron chi connectivity index (χ0n) is 10.4. The molecule has 0 atom stereocenters. The van der Waals surface area contributed by atoms with E-state index < -0.39 is 0 Å². The normalized spacial score (nSPS) is 13.4. The number of nitrogens with two attached hydrogens (primary N) is 1. The molecule has 0 saturated heterocycles. The van der Waals surface area contributed by atoms with Gasteiger partial charge in [0, 0.05) is 17.3 Å². The van der Waals surface area contributed by atoms with Gasteiger partial charge in [-0.2, -0.15) is 11.8 Å². The number of hydrogen-bond donors (Lipinski definition) is 1. The van der Waals surface area contributed by atoms with Crippen LogP contribution in [0.15, 0.2) is 12.1 Å². The van der Waals surface area contributed by atoms with E-state index in [4.69, 9.17) is 15.2 Å². The van der Waals surface area contributed by atoms with Crippen LogP contribution in [0.25, 0.3) is 0 Å². The Morgan fingerprint density at radius 2 is 2.00 bits per heavy atom. The van der Waals surface area contributed by atoms with E-state index in [1.165, 1.54) is 0 Å². The fourth-order valence-corrected chi connectivity index (χ4v) is 2.51. The molecule has 2 N–H and O–H groups in total. The lowest BCUT2D eigenvalue weighted by molar-refractivity contribution is 0.102. The van der Waals surface area contributed by atoms with Crippen molar-refractivity contribution in [1.82, 2.24) is 0 Å². The number of hydrogen-bond acceptors (Lipinski definition) is 5. The Balaban J connectivity index is 2.14. The highest BCUT2D eigenvalue weighted by atomic mass is 32.2. The molecule has 1 aromatic rings. The van der Waals surface area contributed by atoms with Crippen LogP contribution >= 0.6 is 11.8 Å². The van der Waals surface area contributed by atoms with E-state index in [0.717, 1.165) is 12.2 Å². The summed E-state index contributed by atoms with van der Waals surface area (Å²) in [5, 5.41) is 0. The Kier molecular flexibility index (Phi) is 4.36. The van der Waals surface area contributed by atoms with Crippen LogP contribution < -0.4 is 15.2 Å². The Morgan fingerprint density at radius 3 is 2.67 bits per heavy atom. The molecule has 1 aliphatic rings. The zero-order valence-corrected chi connectivity index (χ0v) is 11.2. The lowest BCUT2D eigenvalue weighted by Crippen LogP contribution is -2.17. The summed E-state index contributed by atoms with van der Waals surface area (Å²) in [5.41, 5.74) is 6.87. The van der Waals surface area contributed by atoms with Crippen molar-refractivity contribution in [3.63, 3.8) is 0 Å². The van der Waals surface area contributed by atoms with E-state index in [2.05, 4.69) is 6.92 Å². The minimum Gasteiger partial charge on any atom is -0.486 e. The van der Waals surface area contributed by atoms with Crippen molar-refractivity contribution < 1.29 is 14.3 Å². The minimum atomic E-state index is 0.0444. The Hall–Kier alpha value is -1.36. The molecule has 4 nitrogen and oxygen atoms in total. The lowest BCUT2D eigenvalue weighted by atomic mass is 10.1. The molecule has 0 aliphatic carbocycles. The van der Waals surface area contributed by atoms with Gasteiger partial charge in [0.1, 0.15) is 13.2 Å². The first-order valence-electron chi connectivity index (χ1n) is 6.02. The highest BCUT2D eigenvalue weighted by Crippen LogP contribution is 2.34. The number of fused-ring (bicyclic) bond motifs is 1. The van der Waals surface area contributed by atoms with E-state index >= 15 is 0 Å². The van der Waals surface area contributed by atoms with Crippen LogP contribution in [0.2, 0.25) is 0 Å². The van der Waals surface area contributed by atoms with Gasteiger partial charge >= 0.3 is 0 Å². The van der Waals surface area contributed by atoms with Crippen molar-refractivity contribution in [3.05, 3.63) is 17.7 Å². The third kappa shape index (κ3) is 2.90. The van der Waals surface area contributed by atoms with Crippen LogP contribution in [0.3, 0.4) is 0 Å². The van der Waals surface area contributed by atoms with Gasteiger partial charge < -0.3 is 15.2 Å². The van der Waals surface area contributed by atoms with Gasteiger partial charge in [-0.3, -0.25) is 4.79 Å². The average Bonchev–Trinajstić information content (AvgIpc) is 2.38. The lowest BCUT2D eigenvalue weighted by Gasteiger charge is -2.19. The molecule has 2 rings (SSSR count). The second-order valence-electron chi connectivity index (χ2n) is 4.06. The fraction of sp³-hybridized carbons (Fsp3) is 0.462. The Bertz CT molecular complexity index is 448. The summed E-state index contributed by atoms with van der Waals surface area (Å²) >= 11 is 1.63. The first-order valence-corrected chi connectivity index (χ1v) is 7.18. The number of anilines is 1. The Morgan fingerprint density at radius 1 is 1.33 bits per heavy atom. The maximum atomic E-state index is 12.0. The van der Waals surface area contributed by atoms with Crippen molar-refractivity contribution in [2.45, 2.75) is 13.3 Å². The fourth-order valence-electron chi connectivity index (χ4n) is 1.73. The van der Waals surface area contributed by atoms with Gasteiger partial charge in [0.15, 0.2) is 17.3 Å². The molecule has 0 fully saturated rings. The van der Waals surface area contributed by atoms with Gasteiger partial charge in [-0.1, -0.05) is 6.92 Å². The molecule has 1 heterocycles. The molecule has 0 unspecified atom stereocenters. The summed E-state index contributed by atoms with van der Waals surface area (Å²) in [5.74, 6) is 2.71. The van der Waals surface area contributed by atoms with Crippen LogP contribution in [0.5, 0.6) is 11.5 Å². The van der Waals surface area contributed by atoms with Gasteiger partial charge in [0.2, 0.25) is 0 Å². The van der Waals surface area contributed by atoms with Crippen molar-refractivity contribution in [2.75, 3.05) is 30.5 Å². The topological polar surface area (TPSA) is 61.6 Å². The summed E-state index contributed by atoms with van der Waals surface area (Å²) in [7, 11) is 0. The van der Waals surface area contributed by atoms with E-state index in [9.17, 15) is 4.79 Å². The Labute approximate surface area is 111 Å². The number of ether oxygens (including phenoxy) is 2. The summed E-state index contributed by atoms with van der Waals surface area (Å²) in [4.78, 5) is 12.0. The van der Waals surface area contributed by atoms with Gasteiger partial charge in [-0.25, -0.2) is 0 Å². The molecule has 0 bridgehead atoms. The number of ketones is 1. The second kappa shape index (κ2) is 6.00. The summed E-state index contributed by atoms with van der Waals surface area (Å²) in [6.07, 6.45) is 1.06. The number of carbonyl (C=O) groups excluding carboxylic acids is 1. The number of thioether (sulfide) groups is 1. The molecule has 0 spiro atoms. The van der Waals surface area contributed by atoms with Crippen LogP contribution in [0.4, 0.5) is 5.69 Å². The van der Waals surface area contributed by atoms with E-state index in [1.807, 2.05) is 0 Å². The van der Waals surface area contributed by atoms with Crippen molar-refractivity contribution in [1.29, 1.82) is 0 Å². The zero-order chi connectivity index (χ0) is 13.0. The molecule has 5 heteroatoms. The van der Waals surface area contributed by atoms with Gasteiger partial charge in [0.05, 0.1) is 5.75 Å². The maximum absolute atomic E-state index is 12.0. The largest absolute Gasteiger partial charge is 0.486 e. The predicted octanol–water partition coefficient (Wildman–Crippen LogP) is 2.37.